The van der Waals surface area contributed by atoms with Gasteiger partial charge >= 0.3 is 19.8 Å². The van der Waals surface area contributed by atoms with Gasteiger partial charge in [0.2, 0.25) is 0 Å². The molecule has 10 heteroatoms. The molecule has 43 heavy (non-hydrogen) atoms. The fraction of sp³-hybridized carbons (Fsp3) is 0.879. The van der Waals surface area contributed by atoms with Gasteiger partial charge in [-0.05, 0) is 38.5 Å². The molecule has 0 amide bonds. The number of phosphoric ester groups is 1. The van der Waals surface area contributed by atoms with Gasteiger partial charge < -0.3 is 20.1 Å². The van der Waals surface area contributed by atoms with Crippen LogP contribution in [0.1, 0.15) is 155 Å². The second kappa shape index (κ2) is 30.8. The van der Waals surface area contributed by atoms with Gasteiger partial charge in [0.25, 0.3) is 0 Å². The van der Waals surface area contributed by atoms with E-state index in [1.54, 1.807) is 0 Å². The van der Waals surface area contributed by atoms with Gasteiger partial charge in [-0.3, -0.25) is 18.6 Å². The molecule has 0 aromatic carbocycles. The molecular weight excluding hydrogens is 569 g/mol. The highest BCUT2D eigenvalue weighted by Gasteiger charge is 2.25. The first-order valence-electron chi connectivity index (χ1n) is 17.2. The minimum absolute atomic E-state index is 0.0548. The number of rotatable bonds is 32. The predicted molar refractivity (Wildman–Crippen MR) is 174 cm³/mol. The van der Waals surface area contributed by atoms with Crippen molar-refractivity contribution in [2.45, 2.75) is 161 Å². The molecule has 0 saturated carbocycles. The summed E-state index contributed by atoms with van der Waals surface area (Å²) in [4.78, 5) is 34.4. The molecule has 0 aliphatic rings. The number of carbonyl (C=O) groups excluding carboxylic acids is 2. The number of hydrogen-bond donors (Lipinski definition) is 2. The third-order valence-electron chi connectivity index (χ3n) is 7.15. The van der Waals surface area contributed by atoms with Crippen LogP contribution in [-0.4, -0.2) is 49.3 Å². The van der Waals surface area contributed by atoms with E-state index in [9.17, 15) is 19.0 Å². The van der Waals surface area contributed by atoms with E-state index in [0.717, 1.165) is 51.4 Å². The zero-order valence-electron chi connectivity index (χ0n) is 27.4. The fourth-order valence-corrected chi connectivity index (χ4v) is 5.33. The summed E-state index contributed by atoms with van der Waals surface area (Å²) in [6.07, 6.45) is 26.9. The van der Waals surface area contributed by atoms with Gasteiger partial charge in [-0.25, -0.2) is 4.57 Å². The number of ether oxygens (including phenoxy) is 2. The third kappa shape index (κ3) is 30.6. The van der Waals surface area contributed by atoms with Gasteiger partial charge in [0.1, 0.15) is 6.61 Å². The first kappa shape index (κ1) is 41.8. The van der Waals surface area contributed by atoms with Crippen LogP contribution in [0.2, 0.25) is 0 Å². The SMILES string of the molecule is CCCCCC/C=C/CCCCCCCCCC(=O)OC[C@@H](COP(=O)(O)OCCN)OC(=O)CCCCCCCCC. The standard InChI is InChI=1S/C33H64NO8P/c1-3-5-7-9-11-12-13-14-15-16-17-18-20-21-23-25-32(35)39-29-31(30-41-43(37,38)40-28-27-34)42-33(36)26-24-22-19-10-8-6-4-2/h12-13,31H,3-11,14-30,34H2,1-2H3,(H,37,38)/b13-12+/t31-/m0/s1. The lowest BCUT2D eigenvalue weighted by molar-refractivity contribution is -0.161. The van der Waals surface area contributed by atoms with Crippen LogP contribution in [0.4, 0.5) is 0 Å². The van der Waals surface area contributed by atoms with E-state index >= 15 is 0 Å². The van der Waals surface area contributed by atoms with Gasteiger partial charge in [0.15, 0.2) is 6.10 Å². The smallest absolute Gasteiger partial charge is 0.462 e. The molecule has 0 aliphatic heterocycles. The summed E-state index contributed by atoms with van der Waals surface area (Å²) in [5.74, 6) is -0.839. The second-order valence-electron chi connectivity index (χ2n) is 11.4. The van der Waals surface area contributed by atoms with Crippen LogP contribution in [-0.2, 0) is 32.7 Å². The molecule has 0 rings (SSSR count). The number of carbonyl (C=O) groups is 2. The Labute approximate surface area is 262 Å². The van der Waals surface area contributed by atoms with E-state index < -0.39 is 26.5 Å². The van der Waals surface area contributed by atoms with Crippen molar-refractivity contribution in [1.29, 1.82) is 0 Å². The molecule has 1 unspecified atom stereocenters. The van der Waals surface area contributed by atoms with Crippen LogP contribution >= 0.6 is 7.82 Å². The topological polar surface area (TPSA) is 134 Å². The Kier molecular flexibility index (Phi) is 29.9. The summed E-state index contributed by atoms with van der Waals surface area (Å²) in [7, 11) is -4.35. The number of unbranched alkanes of at least 4 members (excludes halogenated alkanes) is 17. The van der Waals surface area contributed by atoms with Gasteiger partial charge in [-0.1, -0.05) is 116 Å². The molecule has 2 atom stereocenters. The lowest BCUT2D eigenvalue weighted by atomic mass is 10.1. The van der Waals surface area contributed by atoms with E-state index in [4.69, 9.17) is 24.3 Å². The van der Waals surface area contributed by atoms with Crippen LogP contribution in [0.25, 0.3) is 0 Å². The second-order valence-corrected chi connectivity index (χ2v) is 12.8. The highest BCUT2D eigenvalue weighted by atomic mass is 31.2. The largest absolute Gasteiger partial charge is 0.472 e. The van der Waals surface area contributed by atoms with Gasteiger partial charge in [0.05, 0.1) is 13.2 Å². The zero-order chi connectivity index (χ0) is 31.9. The Morgan fingerprint density at radius 2 is 1.14 bits per heavy atom. The minimum Gasteiger partial charge on any atom is -0.462 e. The molecule has 254 valence electrons. The molecule has 0 aromatic heterocycles. The molecule has 0 bridgehead atoms. The van der Waals surface area contributed by atoms with Crippen molar-refractivity contribution in [3.8, 4) is 0 Å². The molecular formula is C33H64NO8P. The first-order valence-corrected chi connectivity index (χ1v) is 18.7. The summed E-state index contributed by atoms with van der Waals surface area (Å²) >= 11 is 0. The Hall–Kier alpha value is -1.25. The van der Waals surface area contributed by atoms with Crippen LogP contribution in [0.3, 0.4) is 0 Å². The van der Waals surface area contributed by atoms with Crippen molar-refractivity contribution in [2.24, 2.45) is 5.73 Å². The maximum atomic E-state index is 12.4. The lowest BCUT2D eigenvalue weighted by Gasteiger charge is -2.19. The Morgan fingerprint density at radius 3 is 1.67 bits per heavy atom. The summed E-state index contributed by atoms with van der Waals surface area (Å²) in [6.45, 7) is 3.64. The summed E-state index contributed by atoms with van der Waals surface area (Å²) in [6, 6.07) is 0. The fourth-order valence-electron chi connectivity index (χ4n) is 4.57. The highest BCUT2D eigenvalue weighted by Crippen LogP contribution is 2.43. The Balaban J connectivity index is 4.18. The molecule has 0 saturated heterocycles. The number of phosphoric acid groups is 1. The zero-order valence-corrected chi connectivity index (χ0v) is 28.3. The number of allylic oxidation sites excluding steroid dienone is 2. The van der Waals surface area contributed by atoms with Crippen molar-refractivity contribution in [3.63, 3.8) is 0 Å². The van der Waals surface area contributed by atoms with Crippen LogP contribution in [0, 0.1) is 0 Å². The summed E-state index contributed by atoms with van der Waals surface area (Å²) in [5, 5.41) is 0. The van der Waals surface area contributed by atoms with Crippen LogP contribution < -0.4 is 5.73 Å². The maximum absolute atomic E-state index is 12.4. The monoisotopic (exact) mass is 633 g/mol. The average molecular weight is 634 g/mol. The molecule has 0 spiro atoms. The van der Waals surface area contributed by atoms with Crippen molar-refractivity contribution >= 4 is 19.8 Å². The minimum atomic E-state index is -4.35. The molecule has 0 aliphatic carbocycles. The van der Waals surface area contributed by atoms with Crippen LogP contribution in [0.5, 0.6) is 0 Å². The quantitative estimate of drug-likeness (QED) is 0.0323. The molecule has 0 radical (unpaired) electrons. The third-order valence-corrected chi connectivity index (χ3v) is 8.14. The molecule has 0 heterocycles. The number of nitrogens with two attached hydrogens (primary N) is 1. The van der Waals surface area contributed by atoms with Gasteiger partial charge in [0, 0.05) is 19.4 Å². The number of hydrogen-bond acceptors (Lipinski definition) is 8. The number of esters is 2. The van der Waals surface area contributed by atoms with E-state index in [1.165, 1.54) is 70.6 Å². The van der Waals surface area contributed by atoms with Crippen molar-refractivity contribution in [1.82, 2.24) is 0 Å². The maximum Gasteiger partial charge on any atom is 0.472 e. The Morgan fingerprint density at radius 1 is 0.674 bits per heavy atom. The summed E-state index contributed by atoms with van der Waals surface area (Å²) < 4.78 is 32.4. The van der Waals surface area contributed by atoms with Gasteiger partial charge in [-0.2, -0.15) is 0 Å². The molecule has 0 aromatic rings. The van der Waals surface area contributed by atoms with E-state index in [-0.39, 0.29) is 38.6 Å². The van der Waals surface area contributed by atoms with Crippen molar-refractivity contribution < 1.29 is 37.6 Å². The predicted octanol–water partition coefficient (Wildman–Crippen LogP) is 8.71. The molecule has 9 nitrogen and oxygen atoms in total. The van der Waals surface area contributed by atoms with E-state index in [1.807, 2.05) is 0 Å². The normalized spacial score (nSPS) is 13.7. The van der Waals surface area contributed by atoms with Gasteiger partial charge in [-0.15, -0.1) is 0 Å². The average Bonchev–Trinajstić information content (AvgIpc) is 2.99. The lowest BCUT2D eigenvalue weighted by Crippen LogP contribution is -2.29. The van der Waals surface area contributed by atoms with Crippen molar-refractivity contribution in [3.05, 3.63) is 12.2 Å². The molecule has 0 fully saturated rings. The first-order chi connectivity index (χ1) is 20.8. The van der Waals surface area contributed by atoms with E-state index in [0.29, 0.717) is 6.42 Å². The van der Waals surface area contributed by atoms with Crippen molar-refractivity contribution in [2.75, 3.05) is 26.4 Å². The summed E-state index contributed by atoms with van der Waals surface area (Å²) in [5.41, 5.74) is 5.30. The Bertz CT molecular complexity index is 734. The van der Waals surface area contributed by atoms with Crippen LogP contribution in [0.15, 0.2) is 12.2 Å². The molecule has 3 N–H and O–H groups in total. The highest BCUT2D eigenvalue weighted by molar-refractivity contribution is 7.47. The van der Waals surface area contributed by atoms with E-state index in [2.05, 4.69) is 26.0 Å².